The van der Waals surface area contributed by atoms with Gasteiger partial charge in [0.25, 0.3) is 5.91 Å². The van der Waals surface area contributed by atoms with Crippen LogP contribution in [-0.2, 0) is 21.2 Å². The molecule has 4 rings (SSSR count). The van der Waals surface area contributed by atoms with Crippen LogP contribution in [0.25, 0.3) is 10.2 Å². The van der Waals surface area contributed by atoms with Crippen LogP contribution in [0.1, 0.15) is 0 Å². The molecule has 0 saturated carbocycles. The van der Waals surface area contributed by atoms with Gasteiger partial charge in [0.05, 0.1) is 28.8 Å². The smallest absolute Gasteiger partial charge is 0.263 e. The molecule has 0 aliphatic carbocycles. The van der Waals surface area contributed by atoms with E-state index in [2.05, 4.69) is 10.9 Å². The third-order valence-electron chi connectivity index (χ3n) is 4.55. The lowest BCUT2D eigenvalue weighted by atomic mass is 10.2. The number of terminal acetylenes is 1. The molecule has 3 aromatic rings. The SMILES string of the molecule is C#CCn1c(=NC(=O)CS(=O)(=O)c2ccc(OC)cc2)sc2cc3c(cc21)OCCO3. The second-order valence-corrected chi connectivity index (χ2v) is 9.58. The molecule has 0 unspecified atom stereocenters. The zero-order valence-corrected chi connectivity index (χ0v) is 18.2. The van der Waals surface area contributed by atoms with Crippen molar-refractivity contribution >= 4 is 37.3 Å². The van der Waals surface area contributed by atoms with E-state index in [0.29, 0.717) is 35.3 Å². The summed E-state index contributed by atoms with van der Waals surface area (Å²) in [5, 5.41) is 0. The highest BCUT2D eigenvalue weighted by Crippen LogP contribution is 2.35. The summed E-state index contributed by atoms with van der Waals surface area (Å²) in [7, 11) is -2.37. The Morgan fingerprint density at radius 3 is 2.55 bits per heavy atom. The lowest BCUT2D eigenvalue weighted by molar-refractivity contribution is -0.115. The zero-order valence-electron chi connectivity index (χ0n) is 16.5. The predicted molar refractivity (Wildman–Crippen MR) is 115 cm³/mol. The molecule has 160 valence electrons. The molecule has 10 heteroatoms. The minimum atomic E-state index is -3.86. The standard InChI is InChI=1S/C21H18N2O6S2/c1-3-8-23-16-11-17-18(29-10-9-28-17)12-19(16)30-21(23)22-20(24)13-31(25,26)15-6-4-14(27-2)5-7-15/h1,4-7,11-12H,8-10,13H2,2H3. The predicted octanol–water partition coefficient (Wildman–Crippen LogP) is 2.02. The highest BCUT2D eigenvalue weighted by Gasteiger charge is 2.20. The van der Waals surface area contributed by atoms with E-state index in [1.54, 1.807) is 16.7 Å². The van der Waals surface area contributed by atoms with E-state index in [4.69, 9.17) is 20.6 Å². The Kier molecular flexibility index (Phi) is 5.71. The molecule has 2 aromatic carbocycles. The molecule has 0 spiro atoms. The first-order valence-electron chi connectivity index (χ1n) is 9.22. The second-order valence-electron chi connectivity index (χ2n) is 6.58. The van der Waals surface area contributed by atoms with Crippen molar-refractivity contribution in [3.8, 4) is 29.6 Å². The number of benzene rings is 2. The van der Waals surface area contributed by atoms with Crippen LogP contribution in [0.2, 0.25) is 0 Å². The zero-order chi connectivity index (χ0) is 22.0. The monoisotopic (exact) mass is 458 g/mol. The molecule has 0 saturated heterocycles. The molecule has 0 N–H and O–H groups in total. The fourth-order valence-electron chi connectivity index (χ4n) is 3.10. The van der Waals surface area contributed by atoms with Crippen molar-refractivity contribution in [1.29, 1.82) is 0 Å². The van der Waals surface area contributed by atoms with Crippen molar-refractivity contribution in [1.82, 2.24) is 4.57 Å². The maximum atomic E-state index is 12.6. The van der Waals surface area contributed by atoms with Gasteiger partial charge >= 0.3 is 0 Å². The van der Waals surface area contributed by atoms with E-state index in [9.17, 15) is 13.2 Å². The number of fused-ring (bicyclic) bond motifs is 2. The average Bonchev–Trinajstić information content (AvgIpc) is 3.07. The second kappa shape index (κ2) is 8.45. The summed E-state index contributed by atoms with van der Waals surface area (Å²) in [6.45, 7) is 1.06. The fraction of sp³-hybridized carbons (Fsp3) is 0.238. The van der Waals surface area contributed by atoms with Crippen LogP contribution in [0.4, 0.5) is 0 Å². The molecule has 1 amide bonds. The van der Waals surface area contributed by atoms with Gasteiger partial charge in [0.15, 0.2) is 26.1 Å². The Morgan fingerprint density at radius 2 is 1.90 bits per heavy atom. The number of amides is 1. The van der Waals surface area contributed by atoms with Crippen LogP contribution in [0.3, 0.4) is 0 Å². The molecule has 8 nitrogen and oxygen atoms in total. The summed E-state index contributed by atoms with van der Waals surface area (Å²) < 4.78 is 43.9. The number of ether oxygens (including phenoxy) is 3. The highest BCUT2D eigenvalue weighted by molar-refractivity contribution is 7.92. The van der Waals surface area contributed by atoms with Crippen LogP contribution < -0.4 is 19.0 Å². The normalized spacial score (nSPS) is 13.7. The van der Waals surface area contributed by atoms with Crippen molar-refractivity contribution in [3.63, 3.8) is 0 Å². The number of carbonyl (C=O) groups excluding carboxylic acids is 1. The number of rotatable bonds is 5. The maximum absolute atomic E-state index is 12.6. The number of carbonyl (C=O) groups is 1. The highest BCUT2D eigenvalue weighted by atomic mass is 32.2. The van der Waals surface area contributed by atoms with Gasteiger partial charge in [0.1, 0.15) is 24.7 Å². The van der Waals surface area contributed by atoms with E-state index in [-0.39, 0.29) is 11.4 Å². The van der Waals surface area contributed by atoms with Crippen molar-refractivity contribution in [2.24, 2.45) is 4.99 Å². The number of thiazole rings is 1. The van der Waals surface area contributed by atoms with Gasteiger partial charge in [-0.05, 0) is 24.3 Å². The molecule has 1 aliphatic rings. The van der Waals surface area contributed by atoms with Crippen LogP contribution in [-0.4, -0.2) is 45.0 Å². The Hall–Kier alpha value is -3.29. The van der Waals surface area contributed by atoms with Gasteiger partial charge in [-0.25, -0.2) is 8.42 Å². The molecule has 2 heterocycles. The molecule has 0 radical (unpaired) electrons. The van der Waals surface area contributed by atoms with E-state index in [0.717, 1.165) is 10.2 Å². The Labute approximate surface area is 182 Å². The molecule has 0 atom stereocenters. The maximum Gasteiger partial charge on any atom is 0.263 e. The molecule has 1 aliphatic heterocycles. The topological polar surface area (TPSA) is 96.2 Å². The molecule has 1 aromatic heterocycles. The van der Waals surface area contributed by atoms with Crippen molar-refractivity contribution in [2.45, 2.75) is 11.4 Å². The van der Waals surface area contributed by atoms with E-state index < -0.39 is 21.5 Å². The van der Waals surface area contributed by atoms with E-state index in [1.807, 2.05) is 0 Å². The first-order valence-corrected chi connectivity index (χ1v) is 11.7. The van der Waals surface area contributed by atoms with Gasteiger partial charge in [-0.2, -0.15) is 4.99 Å². The third kappa shape index (κ3) is 4.28. The van der Waals surface area contributed by atoms with E-state index >= 15 is 0 Å². The molecule has 31 heavy (non-hydrogen) atoms. The minimum absolute atomic E-state index is 0.0201. The van der Waals surface area contributed by atoms with Gasteiger partial charge < -0.3 is 18.8 Å². The van der Waals surface area contributed by atoms with Crippen molar-refractivity contribution < 1.29 is 27.4 Å². The molecular weight excluding hydrogens is 440 g/mol. The Balaban J connectivity index is 1.69. The van der Waals surface area contributed by atoms with Crippen LogP contribution in [0, 0.1) is 12.3 Å². The summed E-state index contributed by atoms with van der Waals surface area (Å²) in [5.41, 5.74) is 0.733. The first-order chi connectivity index (χ1) is 14.9. The average molecular weight is 459 g/mol. The summed E-state index contributed by atoms with van der Waals surface area (Å²) in [6.07, 6.45) is 5.49. The van der Waals surface area contributed by atoms with E-state index in [1.165, 1.54) is 42.7 Å². The number of hydrogen-bond acceptors (Lipinski definition) is 7. The number of nitrogens with zero attached hydrogens (tertiary/aromatic N) is 2. The van der Waals surface area contributed by atoms with Crippen LogP contribution in [0.15, 0.2) is 46.3 Å². The fourth-order valence-corrected chi connectivity index (χ4v) is 5.27. The van der Waals surface area contributed by atoms with Gasteiger partial charge in [-0.3, -0.25) is 4.79 Å². The number of aromatic nitrogens is 1. The van der Waals surface area contributed by atoms with Crippen molar-refractivity contribution in [3.05, 3.63) is 41.2 Å². The van der Waals surface area contributed by atoms with Crippen LogP contribution in [0.5, 0.6) is 17.2 Å². The summed E-state index contributed by atoms with van der Waals surface area (Å²) in [6, 6.07) is 9.42. The number of hydrogen-bond donors (Lipinski definition) is 0. The lowest BCUT2D eigenvalue weighted by Gasteiger charge is -2.18. The van der Waals surface area contributed by atoms with Gasteiger partial charge in [0.2, 0.25) is 0 Å². The summed E-state index contributed by atoms with van der Waals surface area (Å²) in [4.78, 5) is 16.9. The molecular formula is C21H18N2O6S2. The van der Waals surface area contributed by atoms with Crippen molar-refractivity contribution in [2.75, 3.05) is 26.1 Å². The quantitative estimate of drug-likeness (QED) is 0.543. The minimum Gasteiger partial charge on any atom is -0.497 e. The van der Waals surface area contributed by atoms with Gasteiger partial charge in [-0.15, -0.1) is 6.42 Å². The Morgan fingerprint density at radius 1 is 1.23 bits per heavy atom. The van der Waals surface area contributed by atoms with Crippen LogP contribution >= 0.6 is 11.3 Å². The number of sulfone groups is 1. The van der Waals surface area contributed by atoms with Gasteiger partial charge in [-0.1, -0.05) is 17.3 Å². The summed E-state index contributed by atoms with van der Waals surface area (Å²) in [5.74, 6) is 2.70. The number of methoxy groups -OCH3 is 1. The third-order valence-corrected chi connectivity index (χ3v) is 7.21. The summed E-state index contributed by atoms with van der Waals surface area (Å²) >= 11 is 1.22. The Bertz CT molecular complexity index is 1360. The van der Waals surface area contributed by atoms with Gasteiger partial charge in [0, 0.05) is 12.1 Å². The first kappa shape index (κ1) is 21.0. The molecule has 0 bridgehead atoms. The largest absolute Gasteiger partial charge is 0.497 e. The molecule has 0 fully saturated rings. The lowest BCUT2D eigenvalue weighted by Crippen LogP contribution is -2.21.